The van der Waals surface area contributed by atoms with Gasteiger partial charge in [0.05, 0.1) is 41.3 Å². The Hall–Kier alpha value is -2.86. The average molecular weight is 375 g/mol. The predicted molar refractivity (Wildman–Crippen MR) is 113 cm³/mol. The fraction of sp³-hybridized carbons (Fsp3) is 0.364. The van der Waals surface area contributed by atoms with Gasteiger partial charge >= 0.3 is 0 Å². The molecule has 1 fully saturated rings. The second-order valence-electron chi connectivity index (χ2n) is 7.62. The van der Waals surface area contributed by atoms with Crippen LogP contribution in [0.15, 0.2) is 43.0 Å². The van der Waals surface area contributed by atoms with Crippen LogP contribution in [0.2, 0.25) is 0 Å². The third-order valence-corrected chi connectivity index (χ3v) is 5.82. The number of hydrogen-bond acceptors (Lipinski definition) is 4. The number of aromatic amines is 1. The van der Waals surface area contributed by atoms with Crippen molar-refractivity contribution in [3.63, 3.8) is 0 Å². The van der Waals surface area contributed by atoms with E-state index in [4.69, 9.17) is 10.1 Å². The molecule has 0 saturated heterocycles. The standard InChI is InChI=1S/C22H25N5O/c28-9-8-23-16-11-18(22-20(12-16)24-13-25-22)15-6-7-21-19(10-15)26-14-27(21)17-4-2-1-3-5-17/h6-7,10-14,17,23,28H,1-5,8-9H2,(H,24,25). The molecule has 4 aromatic rings. The summed E-state index contributed by atoms with van der Waals surface area (Å²) in [4.78, 5) is 12.4. The lowest BCUT2D eigenvalue weighted by molar-refractivity contribution is 0.311. The molecule has 6 nitrogen and oxygen atoms in total. The number of H-pyrrole nitrogens is 1. The summed E-state index contributed by atoms with van der Waals surface area (Å²) in [5.74, 6) is 0. The molecule has 0 spiro atoms. The third kappa shape index (κ3) is 3.03. The monoisotopic (exact) mass is 375 g/mol. The van der Waals surface area contributed by atoms with E-state index in [1.807, 2.05) is 12.4 Å². The average Bonchev–Trinajstić information content (AvgIpc) is 3.38. The van der Waals surface area contributed by atoms with Gasteiger partial charge in [0, 0.05) is 23.8 Å². The van der Waals surface area contributed by atoms with Crippen LogP contribution in [0.4, 0.5) is 5.69 Å². The molecule has 0 aliphatic heterocycles. The zero-order valence-corrected chi connectivity index (χ0v) is 15.9. The first kappa shape index (κ1) is 17.3. The molecule has 1 saturated carbocycles. The molecular weight excluding hydrogens is 350 g/mol. The van der Waals surface area contributed by atoms with Gasteiger partial charge in [-0.1, -0.05) is 25.3 Å². The molecular formula is C22H25N5O. The van der Waals surface area contributed by atoms with Crippen molar-refractivity contribution in [2.24, 2.45) is 0 Å². The summed E-state index contributed by atoms with van der Waals surface area (Å²) in [5, 5.41) is 12.4. The van der Waals surface area contributed by atoms with Crippen LogP contribution in [0.1, 0.15) is 38.1 Å². The summed E-state index contributed by atoms with van der Waals surface area (Å²) in [7, 11) is 0. The van der Waals surface area contributed by atoms with Gasteiger partial charge in [0.25, 0.3) is 0 Å². The molecule has 6 heteroatoms. The molecule has 0 amide bonds. The lowest BCUT2D eigenvalue weighted by Gasteiger charge is -2.23. The van der Waals surface area contributed by atoms with Gasteiger partial charge in [-0.3, -0.25) is 0 Å². The number of nitrogens with one attached hydrogen (secondary N) is 2. The summed E-state index contributed by atoms with van der Waals surface area (Å²) >= 11 is 0. The van der Waals surface area contributed by atoms with Crippen molar-refractivity contribution >= 4 is 27.8 Å². The van der Waals surface area contributed by atoms with Crippen molar-refractivity contribution in [3.05, 3.63) is 43.0 Å². The molecule has 144 valence electrons. The minimum atomic E-state index is 0.0981. The highest BCUT2D eigenvalue weighted by molar-refractivity contribution is 5.96. The molecule has 2 aromatic heterocycles. The van der Waals surface area contributed by atoms with Crippen LogP contribution in [0.25, 0.3) is 33.2 Å². The highest BCUT2D eigenvalue weighted by Gasteiger charge is 2.18. The first-order valence-corrected chi connectivity index (χ1v) is 10.1. The second kappa shape index (κ2) is 7.28. The van der Waals surface area contributed by atoms with Gasteiger partial charge in [-0.05, 0) is 42.7 Å². The number of aliphatic hydroxyl groups is 1. The highest BCUT2D eigenvalue weighted by atomic mass is 16.3. The number of anilines is 1. The fourth-order valence-corrected chi connectivity index (χ4v) is 4.42. The Kier molecular flexibility index (Phi) is 4.49. The van der Waals surface area contributed by atoms with Gasteiger partial charge < -0.3 is 20.0 Å². The number of fused-ring (bicyclic) bond motifs is 2. The lowest BCUT2D eigenvalue weighted by Crippen LogP contribution is -2.11. The molecule has 1 aliphatic carbocycles. The SMILES string of the molecule is OCCNc1cc(-c2ccc3c(c2)ncn3C2CCCCC2)c2nc[nH]c2c1. The second-order valence-corrected chi connectivity index (χ2v) is 7.62. The molecule has 0 unspecified atom stereocenters. The zero-order chi connectivity index (χ0) is 18.9. The minimum absolute atomic E-state index is 0.0981. The van der Waals surface area contributed by atoms with Gasteiger partial charge in [-0.2, -0.15) is 0 Å². The van der Waals surface area contributed by atoms with Crippen molar-refractivity contribution in [1.29, 1.82) is 0 Å². The van der Waals surface area contributed by atoms with Gasteiger partial charge in [0.15, 0.2) is 0 Å². The van der Waals surface area contributed by atoms with E-state index in [1.54, 1.807) is 6.33 Å². The third-order valence-electron chi connectivity index (χ3n) is 5.82. The number of hydrogen-bond donors (Lipinski definition) is 3. The summed E-state index contributed by atoms with van der Waals surface area (Å²) < 4.78 is 2.36. The van der Waals surface area contributed by atoms with Crippen LogP contribution in [-0.2, 0) is 0 Å². The van der Waals surface area contributed by atoms with Crippen LogP contribution in [0.5, 0.6) is 0 Å². The van der Waals surface area contributed by atoms with Gasteiger partial charge in [-0.15, -0.1) is 0 Å². The number of benzene rings is 2. The Morgan fingerprint density at radius 1 is 1.11 bits per heavy atom. The molecule has 1 aliphatic rings. The molecule has 2 heterocycles. The van der Waals surface area contributed by atoms with Crippen LogP contribution in [-0.4, -0.2) is 37.8 Å². The Morgan fingerprint density at radius 3 is 2.86 bits per heavy atom. The molecule has 0 atom stereocenters. The van der Waals surface area contributed by atoms with Crippen molar-refractivity contribution in [1.82, 2.24) is 19.5 Å². The molecule has 2 aromatic carbocycles. The van der Waals surface area contributed by atoms with E-state index in [2.05, 4.69) is 44.1 Å². The van der Waals surface area contributed by atoms with E-state index < -0.39 is 0 Å². The maximum atomic E-state index is 9.12. The summed E-state index contributed by atoms with van der Waals surface area (Å²) in [6, 6.07) is 11.2. The smallest absolute Gasteiger partial charge is 0.0962 e. The summed E-state index contributed by atoms with van der Waals surface area (Å²) in [5.41, 5.74) is 7.29. The normalized spacial score (nSPS) is 15.5. The Bertz CT molecular complexity index is 1110. The summed E-state index contributed by atoms with van der Waals surface area (Å²) in [6.07, 6.45) is 10.2. The number of rotatable bonds is 5. The van der Waals surface area contributed by atoms with E-state index in [1.165, 1.54) is 37.6 Å². The fourth-order valence-electron chi connectivity index (χ4n) is 4.42. The van der Waals surface area contributed by atoms with Gasteiger partial charge in [0.2, 0.25) is 0 Å². The first-order chi connectivity index (χ1) is 13.8. The van der Waals surface area contributed by atoms with Crippen LogP contribution in [0.3, 0.4) is 0 Å². The number of aromatic nitrogens is 4. The van der Waals surface area contributed by atoms with Crippen LogP contribution >= 0.6 is 0 Å². The number of aliphatic hydroxyl groups excluding tert-OH is 1. The summed E-state index contributed by atoms with van der Waals surface area (Å²) in [6.45, 7) is 0.616. The van der Waals surface area contributed by atoms with E-state index >= 15 is 0 Å². The number of imidazole rings is 2. The maximum Gasteiger partial charge on any atom is 0.0962 e. The van der Waals surface area contributed by atoms with Crippen molar-refractivity contribution in [3.8, 4) is 11.1 Å². The van der Waals surface area contributed by atoms with Gasteiger partial charge in [0.1, 0.15) is 0 Å². The molecule has 0 radical (unpaired) electrons. The maximum absolute atomic E-state index is 9.12. The highest BCUT2D eigenvalue weighted by Crippen LogP contribution is 2.34. The Balaban J connectivity index is 1.56. The van der Waals surface area contributed by atoms with Crippen molar-refractivity contribution in [2.45, 2.75) is 38.1 Å². The zero-order valence-electron chi connectivity index (χ0n) is 15.9. The van der Waals surface area contributed by atoms with E-state index in [0.717, 1.165) is 33.4 Å². The Morgan fingerprint density at radius 2 is 2.00 bits per heavy atom. The Labute approximate surface area is 163 Å². The van der Waals surface area contributed by atoms with Crippen LogP contribution in [0, 0.1) is 0 Å². The van der Waals surface area contributed by atoms with E-state index in [9.17, 15) is 0 Å². The van der Waals surface area contributed by atoms with Gasteiger partial charge in [-0.25, -0.2) is 9.97 Å². The lowest BCUT2D eigenvalue weighted by atomic mass is 9.95. The van der Waals surface area contributed by atoms with E-state index in [-0.39, 0.29) is 6.61 Å². The molecule has 3 N–H and O–H groups in total. The molecule has 5 rings (SSSR count). The van der Waals surface area contributed by atoms with Crippen molar-refractivity contribution < 1.29 is 5.11 Å². The predicted octanol–water partition coefficient (Wildman–Crippen LogP) is 4.49. The molecule has 28 heavy (non-hydrogen) atoms. The largest absolute Gasteiger partial charge is 0.395 e. The minimum Gasteiger partial charge on any atom is -0.395 e. The quantitative estimate of drug-likeness (QED) is 0.480. The van der Waals surface area contributed by atoms with Crippen LogP contribution < -0.4 is 5.32 Å². The number of nitrogens with zero attached hydrogens (tertiary/aromatic N) is 3. The van der Waals surface area contributed by atoms with E-state index in [0.29, 0.717) is 12.6 Å². The first-order valence-electron chi connectivity index (χ1n) is 10.1. The topological polar surface area (TPSA) is 78.8 Å². The van der Waals surface area contributed by atoms with Crippen molar-refractivity contribution in [2.75, 3.05) is 18.5 Å². The molecule has 0 bridgehead atoms.